The molecule has 0 aromatic heterocycles. The Bertz CT molecular complexity index is 861. The zero-order valence-corrected chi connectivity index (χ0v) is 15.8. The molecule has 0 aliphatic heterocycles. The second-order valence-electron chi connectivity index (χ2n) is 5.49. The van der Waals surface area contributed by atoms with Crippen LogP contribution in [0.4, 0.5) is 5.69 Å². The first-order valence-corrected chi connectivity index (χ1v) is 8.57. The number of hydrogen-bond acceptors (Lipinski definition) is 5. The molecule has 0 aliphatic rings. The smallest absolute Gasteiger partial charge is 0.263 e. The van der Waals surface area contributed by atoms with Gasteiger partial charge in [0.25, 0.3) is 5.91 Å². The minimum Gasteiger partial charge on any atom is -0.495 e. The molecule has 0 spiro atoms. The quantitative estimate of drug-likeness (QED) is 0.536. The fourth-order valence-corrected chi connectivity index (χ4v) is 2.56. The van der Waals surface area contributed by atoms with Crippen molar-refractivity contribution in [2.45, 2.75) is 6.42 Å². The van der Waals surface area contributed by atoms with Crippen LogP contribution < -0.4 is 20.1 Å². The summed E-state index contributed by atoms with van der Waals surface area (Å²) < 4.78 is 10.4. The maximum atomic E-state index is 12.2. The highest BCUT2D eigenvalue weighted by molar-refractivity contribution is 6.32. The summed E-state index contributed by atoms with van der Waals surface area (Å²) in [6.45, 7) is 0.431. The maximum absolute atomic E-state index is 12.2. The van der Waals surface area contributed by atoms with Gasteiger partial charge in [0.15, 0.2) is 0 Å². The van der Waals surface area contributed by atoms with Crippen molar-refractivity contribution in [3.8, 4) is 17.6 Å². The number of methoxy groups -OCH3 is 2. The van der Waals surface area contributed by atoms with Gasteiger partial charge in [-0.05, 0) is 12.0 Å². The number of carbonyl (C=O) groups excluding carboxylic acids is 1. The number of benzene rings is 2. The summed E-state index contributed by atoms with van der Waals surface area (Å²) in [5.74, 6) is 0.443. The number of carbonyl (C=O) groups is 1. The van der Waals surface area contributed by atoms with Crippen molar-refractivity contribution < 1.29 is 14.3 Å². The number of rotatable bonds is 8. The molecule has 27 heavy (non-hydrogen) atoms. The van der Waals surface area contributed by atoms with Crippen molar-refractivity contribution in [2.75, 3.05) is 26.1 Å². The van der Waals surface area contributed by atoms with Crippen LogP contribution in [0.15, 0.2) is 54.2 Å². The lowest BCUT2D eigenvalue weighted by molar-refractivity contribution is -0.117. The molecule has 0 saturated heterocycles. The van der Waals surface area contributed by atoms with E-state index >= 15 is 0 Å². The van der Waals surface area contributed by atoms with Gasteiger partial charge in [0, 0.05) is 24.9 Å². The van der Waals surface area contributed by atoms with Crippen molar-refractivity contribution in [1.82, 2.24) is 5.32 Å². The fourth-order valence-electron chi connectivity index (χ4n) is 2.33. The van der Waals surface area contributed by atoms with Crippen LogP contribution >= 0.6 is 11.6 Å². The SMILES string of the molecule is COc1cc(N/C=C(/C#N)C(=O)NCCc2ccccc2)c(OC)cc1Cl. The maximum Gasteiger partial charge on any atom is 0.263 e. The summed E-state index contributed by atoms with van der Waals surface area (Å²) in [5.41, 5.74) is 1.57. The van der Waals surface area contributed by atoms with E-state index in [2.05, 4.69) is 10.6 Å². The molecule has 7 heteroatoms. The number of halogens is 1. The van der Waals surface area contributed by atoms with Gasteiger partial charge < -0.3 is 20.1 Å². The van der Waals surface area contributed by atoms with E-state index in [-0.39, 0.29) is 5.57 Å². The topological polar surface area (TPSA) is 83.4 Å². The van der Waals surface area contributed by atoms with E-state index < -0.39 is 5.91 Å². The molecule has 0 bridgehead atoms. The van der Waals surface area contributed by atoms with Gasteiger partial charge in [0.05, 0.1) is 24.9 Å². The third-order valence-electron chi connectivity index (χ3n) is 3.75. The number of nitrogens with one attached hydrogen (secondary N) is 2. The fraction of sp³-hybridized carbons (Fsp3) is 0.200. The van der Waals surface area contributed by atoms with E-state index in [4.69, 9.17) is 21.1 Å². The number of nitrogens with zero attached hydrogens (tertiary/aromatic N) is 1. The molecule has 0 heterocycles. The number of anilines is 1. The zero-order valence-electron chi connectivity index (χ0n) is 15.1. The Morgan fingerprint density at radius 2 is 1.89 bits per heavy atom. The molecule has 2 aromatic rings. The Labute approximate surface area is 163 Å². The van der Waals surface area contributed by atoms with Crippen LogP contribution in [-0.2, 0) is 11.2 Å². The highest BCUT2D eigenvalue weighted by atomic mass is 35.5. The van der Waals surface area contributed by atoms with E-state index in [1.165, 1.54) is 20.4 Å². The lowest BCUT2D eigenvalue weighted by Crippen LogP contribution is -2.27. The second kappa shape index (κ2) is 10.1. The van der Waals surface area contributed by atoms with Crippen LogP contribution in [0.2, 0.25) is 5.02 Å². The third kappa shape index (κ3) is 5.66. The number of amides is 1. The van der Waals surface area contributed by atoms with Gasteiger partial charge in [-0.1, -0.05) is 41.9 Å². The van der Waals surface area contributed by atoms with Gasteiger partial charge in [0.1, 0.15) is 23.1 Å². The first-order valence-electron chi connectivity index (χ1n) is 8.19. The summed E-state index contributed by atoms with van der Waals surface area (Å²) >= 11 is 6.06. The van der Waals surface area contributed by atoms with Crippen molar-refractivity contribution in [3.05, 3.63) is 64.8 Å². The highest BCUT2D eigenvalue weighted by Crippen LogP contribution is 2.35. The average Bonchev–Trinajstić information content (AvgIpc) is 2.69. The normalized spacial score (nSPS) is 10.7. The Kier molecular flexibility index (Phi) is 7.53. The van der Waals surface area contributed by atoms with Gasteiger partial charge in [-0.15, -0.1) is 0 Å². The standard InChI is InChI=1S/C20H20ClN3O3/c1-26-18-11-17(19(27-2)10-16(18)21)24-13-15(12-22)20(25)23-9-8-14-6-4-3-5-7-14/h3-7,10-11,13,24H,8-9H2,1-2H3,(H,23,25)/b15-13-. The van der Waals surface area contributed by atoms with E-state index in [0.717, 1.165) is 5.56 Å². The minimum absolute atomic E-state index is 0.0565. The van der Waals surface area contributed by atoms with E-state index in [1.807, 2.05) is 36.4 Å². The summed E-state index contributed by atoms with van der Waals surface area (Å²) in [4.78, 5) is 12.2. The molecule has 0 atom stereocenters. The molecule has 2 rings (SSSR count). The van der Waals surface area contributed by atoms with Crippen LogP contribution in [0.5, 0.6) is 11.5 Å². The Morgan fingerprint density at radius 3 is 2.52 bits per heavy atom. The van der Waals surface area contributed by atoms with Crippen LogP contribution in [0.25, 0.3) is 0 Å². The second-order valence-corrected chi connectivity index (χ2v) is 5.90. The highest BCUT2D eigenvalue weighted by Gasteiger charge is 2.12. The Morgan fingerprint density at radius 1 is 1.19 bits per heavy atom. The summed E-state index contributed by atoms with van der Waals surface area (Å²) in [6, 6.07) is 14.9. The molecular formula is C20H20ClN3O3. The Hall–Kier alpha value is -3.17. The van der Waals surface area contributed by atoms with Crippen molar-refractivity contribution >= 4 is 23.2 Å². The summed E-state index contributed by atoms with van der Waals surface area (Å²) in [6.07, 6.45) is 2.00. The molecule has 0 aliphatic carbocycles. The third-order valence-corrected chi connectivity index (χ3v) is 4.05. The molecule has 2 aromatic carbocycles. The van der Waals surface area contributed by atoms with Crippen molar-refractivity contribution in [1.29, 1.82) is 5.26 Å². The number of hydrogen-bond donors (Lipinski definition) is 2. The molecule has 0 fully saturated rings. The zero-order chi connectivity index (χ0) is 19.6. The molecule has 0 radical (unpaired) electrons. The molecule has 0 saturated carbocycles. The van der Waals surface area contributed by atoms with E-state index in [1.54, 1.807) is 12.1 Å². The lowest BCUT2D eigenvalue weighted by Gasteiger charge is -2.12. The number of ether oxygens (including phenoxy) is 2. The van der Waals surface area contributed by atoms with Crippen molar-refractivity contribution in [3.63, 3.8) is 0 Å². The van der Waals surface area contributed by atoms with Crippen molar-refractivity contribution in [2.24, 2.45) is 0 Å². The molecular weight excluding hydrogens is 366 g/mol. The predicted molar refractivity (Wildman–Crippen MR) is 105 cm³/mol. The first-order chi connectivity index (χ1) is 13.1. The summed E-state index contributed by atoms with van der Waals surface area (Å²) in [7, 11) is 2.99. The molecule has 140 valence electrons. The van der Waals surface area contributed by atoms with Gasteiger partial charge in [-0.3, -0.25) is 4.79 Å². The minimum atomic E-state index is -0.458. The van der Waals surface area contributed by atoms with Crippen LogP contribution in [0.3, 0.4) is 0 Å². The Balaban J connectivity index is 2.03. The average molecular weight is 386 g/mol. The van der Waals surface area contributed by atoms with E-state index in [0.29, 0.717) is 35.2 Å². The predicted octanol–water partition coefficient (Wildman–Crippen LogP) is 3.54. The van der Waals surface area contributed by atoms with Gasteiger partial charge in [-0.25, -0.2) is 0 Å². The van der Waals surface area contributed by atoms with Crippen LogP contribution in [0, 0.1) is 11.3 Å². The lowest BCUT2D eigenvalue weighted by atomic mass is 10.1. The van der Waals surface area contributed by atoms with Gasteiger partial charge >= 0.3 is 0 Å². The molecule has 2 N–H and O–H groups in total. The first kappa shape index (κ1) is 20.1. The summed E-state index contributed by atoms with van der Waals surface area (Å²) in [5, 5.41) is 15.3. The van der Waals surface area contributed by atoms with Crippen LogP contribution in [-0.4, -0.2) is 26.7 Å². The largest absolute Gasteiger partial charge is 0.495 e. The van der Waals surface area contributed by atoms with Gasteiger partial charge in [0.2, 0.25) is 0 Å². The molecule has 6 nitrogen and oxygen atoms in total. The molecule has 0 unspecified atom stereocenters. The van der Waals surface area contributed by atoms with Crippen LogP contribution in [0.1, 0.15) is 5.56 Å². The van der Waals surface area contributed by atoms with Gasteiger partial charge in [-0.2, -0.15) is 5.26 Å². The number of nitriles is 1. The van der Waals surface area contributed by atoms with E-state index in [9.17, 15) is 10.1 Å². The monoisotopic (exact) mass is 385 g/mol. The molecule has 1 amide bonds.